The molecular weight excluding hydrogens is 381 g/mol. The minimum Gasteiger partial charge on any atom is -0.469 e. The Bertz CT molecular complexity index is 926. The number of nitrogens with zero attached hydrogens (tertiary/aromatic N) is 1. The summed E-state index contributed by atoms with van der Waals surface area (Å²) in [4.78, 5) is 11.8. The van der Waals surface area contributed by atoms with Crippen LogP contribution in [0.15, 0.2) is 53.4 Å². The Morgan fingerprint density at radius 3 is 2.36 bits per heavy atom. The molecule has 7 heteroatoms. The molecule has 0 bridgehead atoms. The van der Waals surface area contributed by atoms with Gasteiger partial charge in [-0.1, -0.05) is 29.8 Å². The third-order valence-electron chi connectivity index (χ3n) is 5.20. The quantitative estimate of drug-likeness (QED) is 0.682. The van der Waals surface area contributed by atoms with E-state index >= 15 is 0 Å². The number of methoxy groups -OCH3 is 1. The Labute approximate surface area is 165 Å². The lowest BCUT2D eigenvalue weighted by Gasteiger charge is -2.30. The second-order valence-electron chi connectivity index (χ2n) is 7.06. The fourth-order valence-corrected chi connectivity index (χ4v) is 5.60. The number of halogens is 1. The number of esters is 1. The van der Waals surface area contributed by atoms with Gasteiger partial charge in [-0.25, -0.2) is 12.8 Å². The Kier molecular flexibility index (Phi) is 6.15. The molecule has 0 amide bonds. The molecule has 28 heavy (non-hydrogen) atoms. The maximum absolute atomic E-state index is 13.5. The minimum atomic E-state index is -3.78. The van der Waals surface area contributed by atoms with E-state index in [9.17, 15) is 17.6 Å². The van der Waals surface area contributed by atoms with Crippen molar-refractivity contribution in [3.8, 4) is 0 Å². The molecule has 150 valence electrons. The average molecular weight is 405 g/mol. The summed E-state index contributed by atoms with van der Waals surface area (Å²) in [6.07, 6.45) is 1.78. The van der Waals surface area contributed by atoms with Crippen LogP contribution in [-0.2, 0) is 19.6 Å². The zero-order valence-corrected chi connectivity index (χ0v) is 16.8. The molecule has 0 aromatic heterocycles. The molecular formula is C21H24FNO4S. The normalized spacial score (nSPS) is 20.2. The molecule has 2 atom stereocenters. The van der Waals surface area contributed by atoms with Crippen LogP contribution in [0.4, 0.5) is 4.39 Å². The molecule has 0 radical (unpaired) electrons. The maximum Gasteiger partial charge on any atom is 0.305 e. The van der Waals surface area contributed by atoms with Crippen LogP contribution in [0.3, 0.4) is 0 Å². The number of rotatable bonds is 6. The summed E-state index contributed by atoms with van der Waals surface area (Å²) in [6.45, 7) is 1.90. The molecule has 1 heterocycles. The molecule has 1 aliphatic rings. The number of sulfonamides is 1. The van der Waals surface area contributed by atoms with Crippen LogP contribution >= 0.6 is 0 Å². The number of ether oxygens (including phenoxy) is 1. The van der Waals surface area contributed by atoms with Crippen molar-refractivity contribution >= 4 is 16.0 Å². The summed E-state index contributed by atoms with van der Waals surface area (Å²) in [5.74, 6) is -0.727. The van der Waals surface area contributed by atoms with Crippen molar-refractivity contribution in [2.45, 2.75) is 49.6 Å². The van der Waals surface area contributed by atoms with Gasteiger partial charge in [0.05, 0.1) is 18.0 Å². The second-order valence-corrected chi connectivity index (χ2v) is 8.90. The fraction of sp³-hybridized carbons (Fsp3) is 0.381. The summed E-state index contributed by atoms with van der Waals surface area (Å²) in [7, 11) is -2.46. The van der Waals surface area contributed by atoms with Gasteiger partial charge in [0, 0.05) is 12.5 Å². The summed E-state index contributed by atoms with van der Waals surface area (Å²) >= 11 is 0. The summed E-state index contributed by atoms with van der Waals surface area (Å²) < 4.78 is 46.5. The highest BCUT2D eigenvalue weighted by Crippen LogP contribution is 2.42. The van der Waals surface area contributed by atoms with Crippen LogP contribution < -0.4 is 0 Å². The first kappa shape index (κ1) is 20.5. The van der Waals surface area contributed by atoms with Crippen molar-refractivity contribution < 1.29 is 22.3 Å². The average Bonchev–Trinajstić information content (AvgIpc) is 3.12. The van der Waals surface area contributed by atoms with Gasteiger partial charge >= 0.3 is 5.97 Å². The van der Waals surface area contributed by atoms with Crippen molar-refractivity contribution in [3.63, 3.8) is 0 Å². The first-order valence-electron chi connectivity index (χ1n) is 9.25. The highest BCUT2D eigenvalue weighted by Gasteiger charge is 2.42. The van der Waals surface area contributed by atoms with Gasteiger partial charge in [0.15, 0.2) is 0 Å². The van der Waals surface area contributed by atoms with Crippen LogP contribution in [0.1, 0.15) is 42.9 Å². The van der Waals surface area contributed by atoms with Crippen molar-refractivity contribution in [1.82, 2.24) is 4.31 Å². The van der Waals surface area contributed by atoms with Gasteiger partial charge in [0.1, 0.15) is 5.82 Å². The first-order valence-corrected chi connectivity index (χ1v) is 10.7. The third kappa shape index (κ3) is 4.25. The van der Waals surface area contributed by atoms with Crippen molar-refractivity contribution in [2.75, 3.05) is 7.11 Å². The van der Waals surface area contributed by atoms with E-state index in [0.29, 0.717) is 19.3 Å². The maximum atomic E-state index is 13.5. The van der Waals surface area contributed by atoms with E-state index in [-0.39, 0.29) is 29.1 Å². The van der Waals surface area contributed by atoms with Crippen LogP contribution in [0.5, 0.6) is 0 Å². The van der Waals surface area contributed by atoms with Crippen molar-refractivity contribution in [3.05, 3.63) is 65.5 Å². The zero-order valence-electron chi connectivity index (χ0n) is 16.0. The van der Waals surface area contributed by atoms with E-state index in [1.165, 1.54) is 23.5 Å². The van der Waals surface area contributed by atoms with Gasteiger partial charge in [0.2, 0.25) is 10.0 Å². The molecule has 2 aromatic carbocycles. The Morgan fingerprint density at radius 1 is 1.11 bits per heavy atom. The highest BCUT2D eigenvalue weighted by atomic mass is 32.2. The van der Waals surface area contributed by atoms with Crippen LogP contribution in [0, 0.1) is 12.7 Å². The molecule has 0 spiro atoms. The lowest BCUT2D eigenvalue weighted by atomic mass is 10.1. The van der Waals surface area contributed by atoms with Gasteiger partial charge in [-0.2, -0.15) is 4.31 Å². The van der Waals surface area contributed by atoms with Crippen LogP contribution in [0.25, 0.3) is 0 Å². The molecule has 1 fully saturated rings. The number of carbonyl (C=O) groups is 1. The van der Waals surface area contributed by atoms with E-state index in [4.69, 9.17) is 4.74 Å². The molecule has 1 aliphatic heterocycles. The second kappa shape index (κ2) is 8.41. The Balaban J connectivity index is 1.97. The number of hydrogen-bond donors (Lipinski definition) is 0. The molecule has 0 N–H and O–H groups in total. The highest BCUT2D eigenvalue weighted by molar-refractivity contribution is 7.89. The van der Waals surface area contributed by atoms with Gasteiger partial charge in [-0.15, -0.1) is 0 Å². The SMILES string of the molecule is COC(=O)CC[C@H]1CC[C@@H](c2ccc(F)cc2)N1S(=O)(=O)c1ccc(C)cc1. The van der Waals surface area contributed by atoms with Gasteiger partial charge in [0.25, 0.3) is 0 Å². The number of hydrogen-bond acceptors (Lipinski definition) is 4. The van der Waals surface area contributed by atoms with Crippen LogP contribution in [0.2, 0.25) is 0 Å². The number of aryl methyl sites for hydroxylation is 1. The van der Waals surface area contributed by atoms with E-state index in [0.717, 1.165) is 11.1 Å². The lowest BCUT2D eigenvalue weighted by Crippen LogP contribution is -2.37. The van der Waals surface area contributed by atoms with Crippen molar-refractivity contribution in [2.24, 2.45) is 0 Å². The largest absolute Gasteiger partial charge is 0.469 e. The Hall–Kier alpha value is -2.25. The number of carbonyl (C=O) groups excluding carboxylic acids is 1. The summed E-state index contributed by atoms with van der Waals surface area (Å²) in [5.41, 5.74) is 1.72. The summed E-state index contributed by atoms with van der Waals surface area (Å²) in [6, 6.07) is 11.9. The summed E-state index contributed by atoms with van der Waals surface area (Å²) in [5, 5.41) is 0. The molecule has 5 nitrogen and oxygen atoms in total. The zero-order chi connectivity index (χ0) is 20.3. The van der Waals surface area contributed by atoms with Crippen LogP contribution in [-0.4, -0.2) is 31.8 Å². The molecule has 0 aliphatic carbocycles. The molecule has 0 saturated carbocycles. The third-order valence-corrected chi connectivity index (χ3v) is 7.18. The molecule has 1 saturated heterocycles. The smallest absolute Gasteiger partial charge is 0.305 e. The first-order chi connectivity index (χ1) is 13.3. The standard InChI is InChI=1S/C21H24FNO4S/c1-15-3-11-19(12-4-15)28(25,26)23-18(10-14-21(24)27-2)9-13-20(23)16-5-7-17(22)8-6-16/h3-8,11-12,18,20H,9-10,13-14H2,1-2H3/t18-,20+/m1/s1. The van der Waals surface area contributed by atoms with E-state index in [1.54, 1.807) is 36.4 Å². The fourth-order valence-electron chi connectivity index (χ4n) is 3.71. The predicted molar refractivity (Wildman–Crippen MR) is 104 cm³/mol. The Morgan fingerprint density at radius 2 is 1.75 bits per heavy atom. The topological polar surface area (TPSA) is 63.7 Å². The van der Waals surface area contributed by atoms with Gasteiger partial charge in [-0.3, -0.25) is 4.79 Å². The van der Waals surface area contributed by atoms with Gasteiger partial charge in [-0.05, 0) is 56.0 Å². The van der Waals surface area contributed by atoms with E-state index in [2.05, 4.69) is 0 Å². The number of benzene rings is 2. The monoisotopic (exact) mass is 405 g/mol. The van der Waals surface area contributed by atoms with Crippen molar-refractivity contribution in [1.29, 1.82) is 0 Å². The predicted octanol–water partition coefficient (Wildman–Crippen LogP) is 3.98. The van der Waals surface area contributed by atoms with E-state index < -0.39 is 16.1 Å². The van der Waals surface area contributed by atoms with E-state index in [1.807, 2.05) is 6.92 Å². The molecule has 0 unspecified atom stereocenters. The van der Waals surface area contributed by atoms with Gasteiger partial charge < -0.3 is 4.74 Å². The lowest BCUT2D eigenvalue weighted by molar-refractivity contribution is -0.140. The minimum absolute atomic E-state index is 0.150. The molecule has 2 aromatic rings. The molecule has 3 rings (SSSR count).